The number of rotatable bonds is 4. The highest BCUT2D eigenvalue weighted by atomic mass is 19.1. The lowest BCUT2D eigenvalue weighted by Gasteiger charge is -2.14. The van der Waals surface area contributed by atoms with Gasteiger partial charge >= 0.3 is 0 Å². The fourth-order valence-electron chi connectivity index (χ4n) is 2.62. The maximum atomic E-state index is 14.0. The first-order valence-electron chi connectivity index (χ1n) is 8.34. The van der Waals surface area contributed by atoms with Crippen LogP contribution in [0.3, 0.4) is 0 Å². The molecule has 0 aliphatic rings. The van der Waals surface area contributed by atoms with Gasteiger partial charge in [0.25, 0.3) is 11.8 Å². The van der Waals surface area contributed by atoms with E-state index >= 15 is 0 Å². The second-order valence-corrected chi connectivity index (χ2v) is 6.12. The van der Waals surface area contributed by atoms with Crippen LogP contribution in [0.4, 0.5) is 15.8 Å². The monoisotopic (exact) mass is 363 g/mol. The van der Waals surface area contributed by atoms with E-state index < -0.39 is 11.7 Å². The van der Waals surface area contributed by atoms with Crippen molar-refractivity contribution in [1.29, 1.82) is 0 Å². The first kappa shape index (κ1) is 18.3. The second kappa shape index (κ2) is 7.78. The molecule has 0 fully saturated rings. The van der Waals surface area contributed by atoms with Crippen LogP contribution in [0.15, 0.2) is 60.9 Å². The number of pyridine rings is 1. The van der Waals surface area contributed by atoms with Crippen LogP contribution in [0, 0.1) is 19.7 Å². The van der Waals surface area contributed by atoms with Gasteiger partial charge in [0.15, 0.2) is 0 Å². The maximum Gasteiger partial charge on any atom is 0.257 e. The first-order valence-corrected chi connectivity index (χ1v) is 8.34. The van der Waals surface area contributed by atoms with E-state index in [1.54, 1.807) is 50.2 Å². The molecule has 5 nitrogen and oxygen atoms in total. The molecule has 0 bridgehead atoms. The van der Waals surface area contributed by atoms with Gasteiger partial charge in [0.2, 0.25) is 0 Å². The number of anilines is 2. The molecule has 0 atom stereocenters. The molecule has 6 heteroatoms. The number of aryl methyl sites for hydroxylation is 2. The number of amides is 2. The zero-order valence-electron chi connectivity index (χ0n) is 14.9. The van der Waals surface area contributed by atoms with Gasteiger partial charge in [0.1, 0.15) is 5.82 Å². The van der Waals surface area contributed by atoms with Gasteiger partial charge in [0, 0.05) is 18.0 Å². The Morgan fingerprint density at radius 3 is 2.37 bits per heavy atom. The molecule has 0 aliphatic carbocycles. The molecule has 2 aromatic carbocycles. The highest BCUT2D eigenvalue weighted by molar-refractivity contribution is 6.13. The number of carbonyl (C=O) groups is 2. The minimum Gasteiger partial charge on any atom is -0.321 e. The standard InChI is InChI=1S/C21H18FN3O2/c1-13-6-7-18(17(22)12-13)24-21(27)16-5-3-4-14(2)19(16)25-20(26)15-8-10-23-11-9-15/h3-12H,1-2H3,(H,24,27)(H,25,26). The molecule has 1 heterocycles. The smallest absolute Gasteiger partial charge is 0.257 e. The van der Waals surface area contributed by atoms with Gasteiger partial charge in [-0.3, -0.25) is 14.6 Å². The van der Waals surface area contributed by atoms with Crippen LogP contribution < -0.4 is 10.6 Å². The summed E-state index contributed by atoms with van der Waals surface area (Å²) in [6.07, 6.45) is 3.03. The van der Waals surface area contributed by atoms with E-state index in [0.717, 1.165) is 11.1 Å². The fraction of sp³-hybridized carbons (Fsp3) is 0.0952. The van der Waals surface area contributed by atoms with E-state index in [1.165, 1.54) is 24.5 Å². The van der Waals surface area contributed by atoms with E-state index in [0.29, 0.717) is 11.3 Å². The largest absolute Gasteiger partial charge is 0.321 e. The normalized spacial score (nSPS) is 10.3. The van der Waals surface area contributed by atoms with Gasteiger partial charge < -0.3 is 10.6 Å². The van der Waals surface area contributed by atoms with E-state index in [9.17, 15) is 14.0 Å². The fourth-order valence-corrected chi connectivity index (χ4v) is 2.62. The Kier molecular flexibility index (Phi) is 5.26. The number of hydrogen-bond acceptors (Lipinski definition) is 3. The average molecular weight is 363 g/mol. The summed E-state index contributed by atoms with van der Waals surface area (Å²) in [7, 11) is 0. The van der Waals surface area contributed by atoms with Crippen molar-refractivity contribution in [2.75, 3.05) is 10.6 Å². The van der Waals surface area contributed by atoms with Gasteiger partial charge in [-0.15, -0.1) is 0 Å². The van der Waals surface area contributed by atoms with Crippen LogP contribution in [0.25, 0.3) is 0 Å². The summed E-state index contributed by atoms with van der Waals surface area (Å²) >= 11 is 0. The van der Waals surface area contributed by atoms with Gasteiger partial charge in [-0.05, 0) is 55.3 Å². The van der Waals surface area contributed by atoms with Gasteiger partial charge in [-0.25, -0.2) is 4.39 Å². The number of benzene rings is 2. The molecule has 27 heavy (non-hydrogen) atoms. The molecule has 0 spiro atoms. The van der Waals surface area contributed by atoms with Crippen LogP contribution in [-0.4, -0.2) is 16.8 Å². The minimum absolute atomic E-state index is 0.0820. The zero-order chi connectivity index (χ0) is 19.4. The summed E-state index contributed by atoms with van der Waals surface area (Å²) < 4.78 is 14.0. The van der Waals surface area contributed by atoms with Crippen LogP contribution in [-0.2, 0) is 0 Å². The average Bonchev–Trinajstić information content (AvgIpc) is 2.66. The molecular formula is C21H18FN3O2. The second-order valence-electron chi connectivity index (χ2n) is 6.12. The zero-order valence-corrected chi connectivity index (χ0v) is 14.9. The van der Waals surface area contributed by atoms with Crippen molar-refractivity contribution in [2.45, 2.75) is 13.8 Å². The number of aromatic nitrogens is 1. The molecule has 1 aromatic heterocycles. The molecule has 2 amide bonds. The molecule has 0 aliphatic heterocycles. The summed E-state index contributed by atoms with van der Waals surface area (Å²) in [6.45, 7) is 3.55. The third-order valence-corrected chi connectivity index (χ3v) is 4.07. The Morgan fingerprint density at radius 1 is 0.926 bits per heavy atom. The first-order chi connectivity index (χ1) is 13.0. The molecule has 0 radical (unpaired) electrons. The quantitative estimate of drug-likeness (QED) is 0.724. The lowest BCUT2D eigenvalue weighted by molar-refractivity contribution is 0.102. The van der Waals surface area contributed by atoms with Gasteiger partial charge in [0.05, 0.1) is 16.9 Å². The summed E-state index contributed by atoms with van der Waals surface area (Å²) in [5.41, 5.74) is 2.60. The van der Waals surface area contributed by atoms with Crippen molar-refractivity contribution >= 4 is 23.2 Å². The number of carbonyl (C=O) groups excluding carboxylic acids is 2. The molecule has 136 valence electrons. The SMILES string of the molecule is Cc1ccc(NC(=O)c2cccc(C)c2NC(=O)c2ccncc2)c(F)c1. The summed E-state index contributed by atoms with van der Waals surface area (Å²) in [6, 6.07) is 12.8. The maximum absolute atomic E-state index is 14.0. The lowest BCUT2D eigenvalue weighted by atomic mass is 10.1. The molecule has 0 unspecified atom stereocenters. The highest BCUT2D eigenvalue weighted by Gasteiger charge is 2.17. The Hall–Kier alpha value is -3.54. The lowest BCUT2D eigenvalue weighted by Crippen LogP contribution is -2.19. The van der Waals surface area contributed by atoms with Crippen LogP contribution >= 0.6 is 0 Å². The Balaban J connectivity index is 1.88. The summed E-state index contributed by atoms with van der Waals surface area (Å²) in [5.74, 6) is -1.38. The van der Waals surface area contributed by atoms with E-state index in [1.807, 2.05) is 0 Å². The van der Waals surface area contributed by atoms with Crippen molar-refractivity contribution in [3.8, 4) is 0 Å². The number of halogens is 1. The van der Waals surface area contributed by atoms with Crippen molar-refractivity contribution in [2.24, 2.45) is 0 Å². The van der Waals surface area contributed by atoms with Crippen LogP contribution in [0.1, 0.15) is 31.8 Å². The van der Waals surface area contributed by atoms with E-state index in [-0.39, 0.29) is 17.2 Å². The number of nitrogens with zero attached hydrogens (tertiary/aromatic N) is 1. The van der Waals surface area contributed by atoms with Crippen molar-refractivity contribution in [3.63, 3.8) is 0 Å². The number of hydrogen-bond donors (Lipinski definition) is 2. The van der Waals surface area contributed by atoms with Gasteiger partial charge in [-0.2, -0.15) is 0 Å². The minimum atomic E-state index is -0.515. The Morgan fingerprint density at radius 2 is 1.67 bits per heavy atom. The predicted octanol–water partition coefficient (Wildman–Crippen LogP) is 4.34. The van der Waals surface area contributed by atoms with E-state index in [2.05, 4.69) is 15.6 Å². The van der Waals surface area contributed by atoms with E-state index in [4.69, 9.17) is 0 Å². The molecular weight excluding hydrogens is 345 g/mol. The highest BCUT2D eigenvalue weighted by Crippen LogP contribution is 2.24. The van der Waals surface area contributed by atoms with Crippen molar-refractivity contribution in [1.82, 2.24) is 4.98 Å². The Bertz CT molecular complexity index is 1000. The topological polar surface area (TPSA) is 71.1 Å². The van der Waals surface area contributed by atoms with Crippen molar-refractivity contribution < 1.29 is 14.0 Å². The molecule has 3 aromatic rings. The van der Waals surface area contributed by atoms with Gasteiger partial charge in [-0.1, -0.05) is 18.2 Å². The molecule has 0 saturated heterocycles. The number of nitrogens with one attached hydrogen (secondary N) is 2. The summed E-state index contributed by atoms with van der Waals surface area (Å²) in [4.78, 5) is 29.0. The predicted molar refractivity (Wildman–Crippen MR) is 102 cm³/mol. The third kappa shape index (κ3) is 4.17. The summed E-state index contributed by atoms with van der Waals surface area (Å²) in [5, 5.41) is 5.32. The molecule has 3 rings (SSSR count). The van der Waals surface area contributed by atoms with Crippen LogP contribution in [0.2, 0.25) is 0 Å². The molecule has 0 saturated carbocycles. The Labute approximate surface area is 156 Å². The third-order valence-electron chi connectivity index (χ3n) is 4.07. The van der Waals surface area contributed by atoms with Crippen LogP contribution in [0.5, 0.6) is 0 Å². The number of para-hydroxylation sites is 1. The molecule has 2 N–H and O–H groups in total. The van der Waals surface area contributed by atoms with Crippen molar-refractivity contribution in [3.05, 3.63) is 89.0 Å².